The minimum atomic E-state index is -2.93. The summed E-state index contributed by atoms with van der Waals surface area (Å²) in [4.78, 5) is 24.5. The van der Waals surface area contributed by atoms with Gasteiger partial charge in [-0.1, -0.05) is 6.42 Å². The number of ether oxygens (including phenoxy) is 2. The van der Waals surface area contributed by atoms with Crippen molar-refractivity contribution >= 4 is 11.9 Å². The van der Waals surface area contributed by atoms with E-state index in [1.165, 1.54) is 50.5 Å². The van der Waals surface area contributed by atoms with Gasteiger partial charge in [-0.05, 0) is 75.1 Å². The summed E-state index contributed by atoms with van der Waals surface area (Å²) in [5.74, 6) is 0.930. The van der Waals surface area contributed by atoms with E-state index in [1.807, 2.05) is 6.92 Å². The van der Waals surface area contributed by atoms with Crippen LogP contribution in [-0.4, -0.2) is 30.6 Å². The lowest BCUT2D eigenvalue weighted by Gasteiger charge is -2.29. The lowest BCUT2D eigenvalue weighted by atomic mass is 9.84. The number of carbonyl (C=O) groups is 2. The number of carbonyl (C=O) groups excluding carboxylic acids is 2. The maximum Gasteiger partial charge on any atom is 0.387 e. The number of hydrogen-bond acceptors (Lipinski definition) is 4. The molecule has 7 heteroatoms. The van der Waals surface area contributed by atoms with Gasteiger partial charge in [-0.3, -0.25) is 4.79 Å². The van der Waals surface area contributed by atoms with Crippen LogP contribution >= 0.6 is 0 Å². The van der Waals surface area contributed by atoms with Gasteiger partial charge in [0.1, 0.15) is 5.75 Å². The van der Waals surface area contributed by atoms with E-state index in [-0.39, 0.29) is 23.3 Å². The smallest absolute Gasteiger partial charge is 0.387 e. The van der Waals surface area contributed by atoms with Gasteiger partial charge >= 0.3 is 12.6 Å². The molecule has 1 amide bonds. The second kappa shape index (κ2) is 8.23. The van der Waals surface area contributed by atoms with Crippen LogP contribution in [0.3, 0.4) is 0 Å². The standard InChI is InChI=1S/C20H25F2NO4/c1-11(17-10-13-3-4-15(17)9-13)23-18(24)12(2)26-19(25)14-5-7-16(8-6-14)27-20(21)22/h5-8,11-13,15,17,20H,3-4,9-10H2,1-2H3,(H,23,24)/t11-,12-,13-,15-,17+/m0/s1. The Kier molecular flexibility index (Phi) is 5.97. The molecule has 2 bridgehead atoms. The molecule has 1 aromatic rings. The maximum absolute atomic E-state index is 12.4. The number of fused-ring (bicyclic) bond motifs is 2. The summed E-state index contributed by atoms with van der Waals surface area (Å²) in [7, 11) is 0. The van der Waals surface area contributed by atoms with Crippen molar-refractivity contribution in [1.82, 2.24) is 5.32 Å². The number of esters is 1. The molecule has 5 nitrogen and oxygen atoms in total. The van der Waals surface area contributed by atoms with Crippen molar-refractivity contribution < 1.29 is 27.8 Å². The summed E-state index contributed by atoms with van der Waals surface area (Å²) in [6.07, 6.45) is 4.03. The average Bonchev–Trinajstić information content (AvgIpc) is 3.25. The second-order valence-corrected chi connectivity index (χ2v) is 7.59. The van der Waals surface area contributed by atoms with Gasteiger partial charge in [0.2, 0.25) is 0 Å². The van der Waals surface area contributed by atoms with E-state index >= 15 is 0 Å². The maximum atomic E-state index is 12.4. The number of hydrogen-bond donors (Lipinski definition) is 1. The van der Waals surface area contributed by atoms with Crippen LogP contribution in [0.1, 0.15) is 49.9 Å². The van der Waals surface area contributed by atoms with Gasteiger partial charge < -0.3 is 14.8 Å². The zero-order valence-electron chi connectivity index (χ0n) is 15.5. The van der Waals surface area contributed by atoms with Crippen LogP contribution in [0.25, 0.3) is 0 Å². The Labute approximate surface area is 157 Å². The normalized spacial score (nSPS) is 25.9. The predicted octanol–water partition coefficient (Wildman–Crippen LogP) is 3.77. The van der Waals surface area contributed by atoms with Crippen molar-refractivity contribution in [2.45, 2.75) is 58.3 Å². The second-order valence-electron chi connectivity index (χ2n) is 7.59. The topological polar surface area (TPSA) is 64.6 Å². The van der Waals surface area contributed by atoms with Gasteiger partial charge in [0.05, 0.1) is 5.56 Å². The minimum Gasteiger partial charge on any atom is -0.449 e. The highest BCUT2D eigenvalue weighted by molar-refractivity contribution is 5.92. The van der Waals surface area contributed by atoms with Gasteiger partial charge in [-0.25, -0.2) is 4.79 Å². The molecule has 0 aliphatic heterocycles. The SMILES string of the molecule is C[C@H](OC(=O)c1ccc(OC(F)F)cc1)C(=O)N[C@@H](C)[C@H]1C[C@H]2CC[C@H]1C2. The number of halogens is 2. The Morgan fingerprint density at radius 3 is 2.37 bits per heavy atom. The van der Waals surface area contributed by atoms with E-state index in [2.05, 4.69) is 10.1 Å². The van der Waals surface area contributed by atoms with E-state index in [0.717, 1.165) is 12.3 Å². The van der Waals surface area contributed by atoms with Crippen LogP contribution < -0.4 is 10.1 Å². The molecule has 0 radical (unpaired) electrons. The zero-order chi connectivity index (χ0) is 19.6. The fourth-order valence-electron chi connectivity index (χ4n) is 4.41. The molecule has 0 spiro atoms. The minimum absolute atomic E-state index is 0.0490. The summed E-state index contributed by atoms with van der Waals surface area (Å²) in [6.45, 7) is 0.609. The van der Waals surface area contributed by atoms with Crippen LogP contribution in [0.4, 0.5) is 8.78 Å². The van der Waals surface area contributed by atoms with Crippen LogP contribution in [-0.2, 0) is 9.53 Å². The first-order chi connectivity index (χ1) is 12.8. The van der Waals surface area contributed by atoms with Crippen LogP contribution in [0.15, 0.2) is 24.3 Å². The Hall–Kier alpha value is -2.18. The summed E-state index contributed by atoms with van der Waals surface area (Å²) in [5.41, 5.74) is 0.164. The lowest BCUT2D eigenvalue weighted by Crippen LogP contribution is -2.45. The quantitative estimate of drug-likeness (QED) is 0.730. The number of alkyl halides is 2. The molecule has 0 aromatic heterocycles. The Morgan fingerprint density at radius 1 is 1.11 bits per heavy atom. The van der Waals surface area contributed by atoms with Gasteiger partial charge in [0.25, 0.3) is 5.91 Å². The first kappa shape index (κ1) is 19.6. The number of nitrogens with one attached hydrogen (secondary N) is 1. The third kappa shape index (κ3) is 4.76. The molecule has 3 rings (SSSR count). The van der Waals surface area contributed by atoms with Crippen molar-refractivity contribution in [2.24, 2.45) is 17.8 Å². The molecule has 1 aromatic carbocycles. The van der Waals surface area contributed by atoms with Crippen molar-refractivity contribution in [1.29, 1.82) is 0 Å². The molecular weight excluding hydrogens is 356 g/mol. The molecule has 1 N–H and O–H groups in total. The van der Waals surface area contributed by atoms with Gasteiger partial charge in [0, 0.05) is 6.04 Å². The monoisotopic (exact) mass is 381 g/mol. The molecule has 5 atom stereocenters. The molecule has 2 fully saturated rings. The van der Waals surface area contributed by atoms with Crippen LogP contribution in [0, 0.1) is 17.8 Å². The fourth-order valence-corrected chi connectivity index (χ4v) is 4.41. The summed E-state index contributed by atoms with van der Waals surface area (Å²) in [6, 6.07) is 5.21. The molecular formula is C20H25F2NO4. The van der Waals surface area contributed by atoms with Crippen molar-refractivity contribution in [3.8, 4) is 5.75 Å². The Balaban J connectivity index is 1.49. The predicted molar refractivity (Wildman–Crippen MR) is 94.5 cm³/mol. The highest BCUT2D eigenvalue weighted by atomic mass is 19.3. The summed E-state index contributed by atoms with van der Waals surface area (Å²) < 4.78 is 33.7. The molecule has 0 saturated heterocycles. The van der Waals surface area contributed by atoms with E-state index in [4.69, 9.17) is 4.74 Å². The molecule has 148 valence electrons. The highest BCUT2D eigenvalue weighted by Crippen LogP contribution is 2.49. The fraction of sp³-hybridized carbons (Fsp3) is 0.600. The van der Waals surface area contributed by atoms with Crippen LogP contribution in [0.2, 0.25) is 0 Å². The molecule has 2 aliphatic rings. The van der Waals surface area contributed by atoms with Crippen LogP contribution in [0.5, 0.6) is 5.75 Å². The molecule has 2 aliphatic carbocycles. The first-order valence-corrected chi connectivity index (χ1v) is 9.39. The van der Waals surface area contributed by atoms with Gasteiger partial charge in [-0.15, -0.1) is 0 Å². The molecule has 0 unspecified atom stereocenters. The van der Waals surface area contributed by atoms with E-state index < -0.39 is 18.7 Å². The Morgan fingerprint density at radius 2 is 1.81 bits per heavy atom. The van der Waals surface area contributed by atoms with Crippen molar-refractivity contribution in [3.63, 3.8) is 0 Å². The van der Waals surface area contributed by atoms with Gasteiger partial charge in [0.15, 0.2) is 6.10 Å². The van der Waals surface area contributed by atoms with E-state index in [0.29, 0.717) is 11.8 Å². The number of benzene rings is 1. The zero-order valence-corrected chi connectivity index (χ0v) is 15.5. The third-order valence-corrected chi connectivity index (χ3v) is 5.77. The van der Waals surface area contributed by atoms with E-state index in [1.54, 1.807) is 0 Å². The first-order valence-electron chi connectivity index (χ1n) is 9.39. The molecule has 2 saturated carbocycles. The summed E-state index contributed by atoms with van der Waals surface area (Å²) >= 11 is 0. The summed E-state index contributed by atoms with van der Waals surface area (Å²) in [5, 5.41) is 2.97. The highest BCUT2D eigenvalue weighted by Gasteiger charge is 2.42. The van der Waals surface area contributed by atoms with E-state index in [9.17, 15) is 18.4 Å². The number of rotatable bonds is 7. The molecule has 0 heterocycles. The van der Waals surface area contributed by atoms with Crippen molar-refractivity contribution in [3.05, 3.63) is 29.8 Å². The average molecular weight is 381 g/mol. The van der Waals surface area contributed by atoms with Gasteiger partial charge in [-0.2, -0.15) is 8.78 Å². The Bertz CT molecular complexity index is 679. The third-order valence-electron chi connectivity index (χ3n) is 5.77. The number of amides is 1. The lowest BCUT2D eigenvalue weighted by molar-refractivity contribution is -0.130. The molecule has 27 heavy (non-hydrogen) atoms. The van der Waals surface area contributed by atoms with Crippen molar-refractivity contribution in [2.75, 3.05) is 0 Å². The largest absolute Gasteiger partial charge is 0.449 e.